The van der Waals surface area contributed by atoms with E-state index in [1.807, 2.05) is 61.3 Å². The summed E-state index contributed by atoms with van der Waals surface area (Å²) < 4.78 is 0. The molecule has 1 N–H and O–H groups in total. The Morgan fingerprint density at radius 2 is 1.89 bits per heavy atom. The fraction of sp³-hybridized carbons (Fsp3) is 0.143. The van der Waals surface area contributed by atoms with Gasteiger partial charge < -0.3 is 10.1 Å². The van der Waals surface area contributed by atoms with Gasteiger partial charge in [-0.15, -0.1) is 0 Å². The lowest BCUT2D eigenvalue weighted by molar-refractivity contribution is 0.322. The summed E-state index contributed by atoms with van der Waals surface area (Å²) in [6.07, 6.45) is 1.38. The van der Waals surface area contributed by atoms with Crippen LogP contribution < -0.4 is 4.90 Å². The van der Waals surface area contributed by atoms with E-state index in [9.17, 15) is 0 Å². The van der Waals surface area contributed by atoms with Gasteiger partial charge in [0.2, 0.25) is 0 Å². The minimum Gasteiger partial charge on any atom is -0.411 e. The summed E-state index contributed by atoms with van der Waals surface area (Å²) in [4.78, 5) is 6.50. The Kier molecular flexibility index (Phi) is 3.57. The van der Waals surface area contributed by atoms with Gasteiger partial charge in [-0.3, -0.25) is 0 Å². The van der Waals surface area contributed by atoms with Crippen LogP contribution in [0, 0.1) is 6.92 Å². The fourth-order valence-corrected chi connectivity index (χ4v) is 1.73. The Bertz CT molecular complexity index is 552. The highest BCUT2D eigenvalue weighted by molar-refractivity contribution is 5.81. The van der Waals surface area contributed by atoms with Crippen molar-refractivity contribution in [3.8, 4) is 0 Å². The van der Waals surface area contributed by atoms with Gasteiger partial charge in [0, 0.05) is 24.0 Å². The Morgan fingerprint density at radius 1 is 1.17 bits per heavy atom. The van der Waals surface area contributed by atoms with Crippen LogP contribution in [0.15, 0.2) is 47.6 Å². The van der Waals surface area contributed by atoms with Crippen molar-refractivity contribution in [2.75, 3.05) is 11.9 Å². The van der Waals surface area contributed by atoms with E-state index < -0.39 is 0 Å². The van der Waals surface area contributed by atoms with E-state index in [0.29, 0.717) is 0 Å². The minimum atomic E-state index is 0.808. The lowest BCUT2D eigenvalue weighted by Gasteiger charge is -2.19. The number of oxime groups is 1. The first-order valence-electron chi connectivity index (χ1n) is 5.66. The molecule has 4 nitrogen and oxygen atoms in total. The average Bonchev–Trinajstić information content (AvgIpc) is 2.41. The lowest BCUT2D eigenvalue weighted by Crippen LogP contribution is -2.11. The molecule has 0 saturated heterocycles. The molecular weight excluding hydrogens is 226 g/mol. The summed E-state index contributed by atoms with van der Waals surface area (Å²) in [5.41, 5.74) is 2.71. The molecule has 4 heteroatoms. The van der Waals surface area contributed by atoms with Gasteiger partial charge in [-0.05, 0) is 31.2 Å². The van der Waals surface area contributed by atoms with Crippen molar-refractivity contribution < 1.29 is 5.21 Å². The maximum absolute atomic E-state index is 8.53. The summed E-state index contributed by atoms with van der Waals surface area (Å²) in [5, 5.41) is 11.6. The molecule has 2 aromatic rings. The summed E-state index contributed by atoms with van der Waals surface area (Å²) in [5.74, 6) is 0.855. The fourth-order valence-electron chi connectivity index (χ4n) is 1.73. The molecule has 0 unspecified atom stereocenters. The first-order valence-corrected chi connectivity index (χ1v) is 5.66. The van der Waals surface area contributed by atoms with Gasteiger partial charge in [-0.1, -0.05) is 23.4 Å². The summed E-state index contributed by atoms with van der Waals surface area (Å²) >= 11 is 0. The smallest absolute Gasteiger partial charge is 0.133 e. The molecule has 0 spiro atoms. The largest absolute Gasteiger partial charge is 0.411 e. The molecule has 1 aromatic heterocycles. The van der Waals surface area contributed by atoms with Gasteiger partial charge in [0.15, 0.2) is 0 Å². The molecule has 18 heavy (non-hydrogen) atoms. The molecular formula is C14H15N3O. The third-order valence-electron chi connectivity index (χ3n) is 2.80. The molecule has 92 valence electrons. The molecule has 2 rings (SSSR count). The zero-order chi connectivity index (χ0) is 13.0. The van der Waals surface area contributed by atoms with Crippen LogP contribution in [-0.4, -0.2) is 23.5 Å². The van der Waals surface area contributed by atoms with Crippen molar-refractivity contribution in [3.05, 3.63) is 53.7 Å². The van der Waals surface area contributed by atoms with E-state index in [1.165, 1.54) is 6.21 Å². The van der Waals surface area contributed by atoms with Crippen molar-refractivity contribution >= 4 is 17.7 Å². The first kappa shape index (κ1) is 12.1. The predicted molar refractivity (Wildman–Crippen MR) is 72.9 cm³/mol. The number of nitrogens with zero attached hydrogens (tertiary/aromatic N) is 3. The minimum absolute atomic E-state index is 0.808. The second kappa shape index (κ2) is 5.31. The van der Waals surface area contributed by atoms with Crippen molar-refractivity contribution in [2.45, 2.75) is 6.92 Å². The van der Waals surface area contributed by atoms with Crippen molar-refractivity contribution in [2.24, 2.45) is 5.16 Å². The summed E-state index contributed by atoms with van der Waals surface area (Å²) in [6, 6.07) is 13.8. The van der Waals surface area contributed by atoms with Gasteiger partial charge in [0.1, 0.15) is 5.82 Å². The van der Waals surface area contributed by atoms with Gasteiger partial charge in [-0.2, -0.15) is 0 Å². The monoisotopic (exact) mass is 241 g/mol. The Morgan fingerprint density at radius 3 is 2.50 bits per heavy atom. The highest BCUT2D eigenvalue weighted by atomic mass is 16.4. The van der Waals surface area contributed by atoms with Crippen molar-refractivity contribution in [3.63, 3.8) is 0 Å². The Labute approximate surface area is 106 Å². The second-order valence-electron chi connectivity index (χ2n) is 3.98. The lowest BCUT2D eigenvalue weighted by atomic mass is 10.2. The molecule has 0 aliphatic carbocycles. The number of anilines is 2. The maximum atomic E-state index is 8.53. The molecule has 0 fully saturated rings. The van der Waals surface area contributed by atoms with Gasteiger partial charge >= 0.3 is 0 Å². The van der Waals surface area contributed by atoms with Crippen LogP contribution in [0.4, 0.5) is 11.5 Å². The standard InChI is InChI=1S/C14H15N3O/c1-11-12(10-15-18)8-9-14(16-11)17(2)13-6-4-3-5-7-13/h3-10,18H,1-2H3/b15-10-. The molecule has 0 saturated carbocycles. The van der Waals surface area contributed by atoms with Crippen LogP contribution in [0.2, 0.25) is 0 Å². The number of hydrogen-bond donors (Lipinski definition) is 1. The number of rotatable bonds is 3. The topological polar surface area (TPSA) is 48.7 Å². The number of pyridine rings is 1. The van der Waals surface area contributed by atoms with Gasteiger partial charge in [0.25, 0.3) is 0 Å². The predicted octanol–water partition coefficient (Wildman–Crippen LogP) is 2.97. The quantitative estimate of drug-likeness (QED) is 0.510. The van der Waals surface area contributed by atoms with Crippen molar-refractivity contribution in [1.82, 2.24) is 4.98 Å². The van der Waals surface area contributed by atoms with E-state index in [0.717, 1.165) is 22.8 Å². The zero-order valence-electron chi connectivity index (χ0n) is 10.4. The third-order valence-corrected chi connectivity index (χ3v) is 2.80. The van der Waals surface area contributed by atoms with E-state index in [1.54, 1.807) is 0 Å². The normalized spacial score (nSPS) is 10.8. The summed E-state index contributed by atoms with van der Waals surface area (Å²) in [7, 11) is 1.97. The summed E-state index contributed by atoms with van der Waals surface area (Å²) in [6.45, 7) is 1.89. The molecule has 1 heterocycles. The van der Waals surface area contributed by atoms with E-state index >= 15 is 0 Å². The SMILES string of the molecule is Cc1nc(N(C)c2ccccc2)ccc1/C=N\O. The third kappa shape index (κ3) is 2.48. The molecule has 0 aliphatic heterocycles. The number of aromatic nitrogens is 1. The molecule has 0 atom stereocenters. The van der Waals surface area contributed by atoms with Crippen LogP contribution in [0.3, 0.4) is 0 Å². The Balaban J connectivity index is 2.32. The maximum Gasteiger partial charge on any atom is 0.133 e. The number of benzene rings is 1. The van der Waals surface area contributed by atoms with Crippen LogP contribution in [0.5, 0.6) is 0 Å². The molecule has 0 radical (unpaired) electrons. The zero-order valence-corrected chi connectivity index (χ0v) is 10.4. The van der Waals surface area contributed by atoms with Crippen LogP contribution in [0.25, 0.3) is 0 Å². The first-order chi connectivity index (χ1) is 8.72. The van der Waals surface area contributed by atoms with E-state index in [-0.39, 0.29) is 0 Å². The van der Waals surface area contributed by atoms with Crippen LogP contribution in [-0.2, 0) is 0 Å². The highest BCUT2D eigenvalue weighted by Crippen LogP contribution is 2.21. The number of aryl methyl sites for hydroxylation is 1. The molecule has 0 amide bonds. The van der Waals surface area contributed by atoms with Gasteiger partial charge in [-0.25, -0.2) is 4.98 Å². The highest BCUT2D eigenvalue weighted by Gasteiger charge is 2.06. The number of hydrogen-bond acceptors (Lipinski definition) is 4. The molecule has 0 bridgehead atoms. The van der Waals surface area contributed by atoms with Crippen LogP contribution >= 0.6 is 0 Å². The average molecular weight is 241 g/mol. The van der Waals surface area contributed by atoms with E-state index in [4.69, 9.17) is 5.21 Å². The van der Waals surface area contributed by atoms with Gasteiger partial charge in [0.05, 0.1) is 6.21 Å². The van der Waals surface area contributed by atoms with Crippen molar-refractivity contribution in [1.29, 1.82) is 0 Å². The second-order valence-corrected chi connectivity index (χ2v) is 3.98. The van der Waals surface area contributed by atoms with Crippen LogP contribution in [0.1, 0.15) is 11.3 Å². The van der Waals surface area contributed by atoms with E-state index in [2.05, 4.69) is 10.1 Å². The molecule has 1 aromatic carbocycles. The Hall–Kier alpha value is -2.36. The molecule has 0 aliphatic rings. The number of para-hydroxylation sites is 1.